The zero-order chi connectivity index (χ0) is 21.3. The number of hydrogen-bond donors (Lipinski definition) is 0. The van der Waals surface area contributed by atoms with Crippen molar-refractivity contribution in [1.82, 2.24) is 9.80 Å². The van der Waals surface area contributed by atoms with Crippen molar-refractivity contribution >= 4 is 11.8 Å². The molecule has 0 aliphatic heterocycles. The van der Waals surface area contributed by atoms with E-state index in [1.807, 2.05) is 54.0 Å². The van der Waals surface area contributed by atoms with Gasteiger partial charge < -0.3 is 14.2 Å². The Morgan fingerprint density at radius 2 is 1.73 bits per heavy atom. The molecule has 1 aliphatic carbocycles. The normalized spacial score (nSPS) is 14.5. The highest BCUT2D eigenvalue weighted by Crippen LogP contribution is 2.23. The molecule has 0 radical (unpaired) electrons. The summed E-state index contributed by atoms with van der Waals surface area (Å²) in [6.07, 6.45) is 6.70. The first kappa shape index (κ1) is 22.1. The Hall–Kier alpha value is -2.56. The molecule has 1 saturated carbocycles. The third-order valence-electron chi connectivity index (χ3n) is 5.95. The molecule has 5 heteroatoms. The van der Waals surface area contributed by atoms with Crippen LogP contribution in [0.25, 0.3) is 0 Å². The number of carbonyl (C=O) groups excluding carboxylic acids is 2. The summed E-state index contributed by atoms with van der Waals surface area (Å²) in [5, 5.41) is 0. The summed E-state index contributed by atoms with van der Waals surface area (Å²) >= 11 is 0. The zero-order valence-electron chi connectivity index (χ0n) is 18.3. The van der Waals surface area contributed by atoms with Crippen LogP contribution < -0.4 is 0 Å². The minimum Gasteiger partial charge on any atom is -0.464 e. The molecule has 30 heavy (non-hydrogen) atoms. The summed E-state index contributed by atoms with van der Waals surface area (Å²) in [6.45, 7) is 4.97. The molecule has 162 valence electrons. The average Bonchev–Trinajstić information content (AvgIpc) is 3.20. The highest BCUT2D eigenvalue weighted by atomic mass is 16.3. The third-order valence-corrected chi connectivity index (χ3v) is 5.95. The van der Waals surface area contributed by atoms with Crippen LogP contribution in [-0.4, -0.2) is 40.7 Å². The predicted octanol–water partition coefficient (Wildman–Crippen LogP) is 4.73. The Balaban J connectivity index is 1.72. The molecule has 3 rings (SSSR count). The summed E-state index contributed by atoms with van der Waals surface area (Å²) < 4.78 is 5.73. The van der Waals surface area contributed by atoms with E-state index in [4.69, 9.17) is 4.42 Å². The van der Waals surface area contributed by atoms with Crippen LogP contribution >= 0.6 is 0 Å². The Morgan fingerprint density at radius 3 is 2.37 bits per heavy atom. The summed E-state index contributed by atoms with van der Waals surface area (Å²) in [4.78, 5) is 29.7. The lowest BCUT2D eigenvalue weighted by molar-refractivity contribution is -0.143. The monoisotopic (exact) mass is 410 g/mol. The van der Waals surface area contributed by atoms with Gasteiger partial charge in [-0.05, 0) is 43.9 Å². The lowest BCUT2D eigenvalue weighted by Gasteiger charge is -2.35. The van der Waals surface area contributed by atoms with Crippen molar-refractivity contribution in [2.24, 2.45) is 0 Å². The van der Waals surface area contributed by atoms with E-state index >= 15 is 0 Å². The second-order valence-electron chi connectivity index (χ2n) is 8.23. The fourth-order valence-corrected chi connectivity index (χ4v) is 4.22. The SMILES string of the molecule is CCC(=O)N(CC(=O)N(CCc1ccccc1)Cc1ccc(C)o1)C1CCCCC1. The zero-order valence-corrected chi connectivity index (χ0v) is 18.3. The van der Waals surface area contributed by atoms with E-state index in [0.717, 1.165) is 43.6 Å². The van der Waals surface area contributed by atoms with Gasteiger partial charge in [-0.1, -0.05) is 56.5 Å². The van der Waals surface area contributed by atoms with Crippen molar-refractivity contribution in [3.63, 3.8) is 0 Å². The molecule has 0 atom stereocenters. The van der Waals surface area contributed by atoms with Gasteiger partial charge in [-0.3, -0.25) is 9.59 Å². The molecule has 0 N–H and O–H groups in total. The van der Waals surface area contributed by atoms with Crippen LogP contribution in [0.1, 0.15) is 62.5 Å². The largest absolute Gasteiger partial charge is 0.464 e. The van der Waals surface area contributed by atoms with E-state index in [1.54, 1.807) is 0 Å². The lowest BCUT2D eigenvalue weighted by Crippen LogP contribution is -2.48. The van der Waals surface area contributed by atoms with E-state index in [9.17, 15) is 9.59 Å². The number of rotatable bonds is 9. The highest BCUT2D eigenvalue weighted by Gasteiger charge is 2.28. The van der Waals surface area contributed by atoms with Crippen molar-refractivity contribution in [2.75, 3.05) is 13.1 Å². The smallest absolute Gasteiger partial charge is 0.242 e. The van der Waals surface area contributed by atoms with Gasteiger partial charge in [0.05, 0.1) is 6.54 Å². The molecule has 2 aromatic rings. The van der Waals surface area contributed by atoms with Crippen molar-refractivity contribution in [3.05, 3.63) is 59.5 Å². The van der Waals surface area contributed by atoms with E-state index in [1.165, 1.54) is 12.0 Å². The molecule has 1 aromatic carbocycles. The Labute approximate surface area is 180 Å². The number of amides is 2. The molecule has 1 aliphatic rings. The highest BCUT2D eigenvalue weighted by molar-refractivity contribution is 5.85. The molecule has 0 saturated heterocycles. The topological polar surface area (TPSA) is 53.8 Å². The number of benzene rings is 1. The second-order valence-corrected chi connectivity index (χ2v) is 8.23. The van der Waals surface area contributed by atoms with Crippen LogP contribution in [0, 0.1) is 6.92 Å². The Bertz CT molecular complexity index is 809. The van der Waals surface area contributed by atoms with Crippen LogP contribution in [0.5, 0.6) is 0 Å². The molecule has 2 amide bonds. The maximum absolute atomic E-state index is 13.3. The van der Waals surface area contributed by atoms with Crippen molar-refractivity contribution in [2.45, 2.75) is 71.4 Å². The minimum absolute atomic E-state index is 0.00708. The summed E-state index contributed by atoms with van der Waals surface area (Å²) in [5.41, 5.74) is 1.19. The van der Waals surface area contributed by atoms with Gasteiger partial charge in [0, 0.05) is 19.0 Å². The predicted molar refractivity (Wildman–Crippen MR) is 118 cm³/mol. The van der Waals surface area contributed by atoms with Crippen LogP contribution in [0.4, 0.5) is 0 Å². The van der Waals surface area contributed by atoms with Crippen LogP contribution in [-0.2, 0) is 22.6 Å². The van der Waals surface area contributed by atoms with Crippen molar-refractivity contribution in [1.29, 1.82) is 0 Å². The fourth-order valence-electron chi connectivity index (χ4n) is 4.22. The number of aryl methyl sites for hydroxylation is 1. The first-order chi connectivity index (χ1) is 14.6. The molecule has 1 heterocycles. The van der Waals surface area contributed by atoms with Crippen LogP contribution in [0.2, 0.25) is 0 Å². The molecule has 1 aromatic heterocycles. The average molecular weight is 411 g/mol. The molecular formula is C25H34N2O3. The van der Waals surface area contributed by atoms with Crippen LogP contribution in [0.15, 0.2) is 46.9 Å². The maximum atomic E-state index is 13.3. The van der Waals surface area contributed by atoms with Gasteiger partial charge in [0.2, 0.25) is 11.8 Å². The van der Waals surface area contributed by atoms with Gasteiger partial charge in [0.25, 0.3) is 0 Å². The maximum Gasteiger partial charge on any atom is 0.242 e. The van der Waals surface area contributed by atoms with E-state index in [-0.39, 0.29) is 24.4 Å². The van der Waals surface area contributed by atoms with Crippen molar-refractivity contribution < 1.29 is 14.0 Å². The summed E-state index contributed by atoms with van der Waals surface area (Å²) in [6, 6.07) is 14.2. The molecule has 0 unspecified atom stereocenters. The molecule has 5 nitrogen and oxygen atoms in total. The summed E-state index contributed by atoms with van der Waals surface area (Å²) in [5.74, 6) is 1.69. The number of carbonyl (C=O) groups is 2. The van der Waals surface area contributed by atoms with Gasteiger partial charge in [-0.15, -0.1) is 0 Å². The fraction of sp³-hybridized carbons (Fsp3) is 0.520. The Kier molecular flexibility index (Phi) is 8.12. The first-order valence-electron chi connectivity index (χ1n) is 11.2. The quantitative estimate of drug-likeness (QED) is 0.600. The van der Waals surface area contributed by atoms with Gasteiger partial charge in [0.1, 0.15) is 18.1 Å². The van der Waals surface area contributed by atoms with E-state index in [0.29, 0.717) is 19.5 Å². The number of furan rings is 1. The standard InChI is InChI=1S/C25H34N2O3/c1-3-24(28)27(22-12-8-5-9-13-22)19-25(29)26(18-23-15-14-20(2)30-23)17-16-21-10-6-4-7-11-21/h4,6-7,10-11,14-15,22H,3,5,8-9,12-13,16-19H2,1-2H3. The van der Waals surface area contributed by atoms with Gasteiger partial charge in [-0.25, -0.2) is 0 Å². The van der Waals surface area contributed by atoms with E-state index in [2.05, 4.69) is 12.1 Å². The minimum atomic E-state index is -0.00708. The molecule has 1 fully saturated rings. The molecule has 0 spiro atoms. The van der Waals surface area contributed by atoms with E-state index < -0.39 is 0 Å². The Morgan fingerprint density at radius 1 is 1.00 bits per heavy atom. The third kappa shape index (κ3) is 6.22. The molecular weight excluding hydrogens is 376 g/mol. The van der Waals surface area contributed by atoms with Crippen LogP contribution in [0.3, 0.4) is 0 Å². The van der Waals surface area contributed by atoms with Gasteiger partial charge in [0.15, 0.2) is 0 Å². The lowest BCUT2D eigenvalue weighted by atomic mass is 9.94. The van der Waals surface area contributed by atoms with Gasteiger partial charge >= 0.3 is 0 Å². The molecule has 0 bridgehead atoms. The number of nitrogens with zero attached hydrogens (tertiary/aromatic N) is 2. The second kappa shape index (κ2) is 11.0. The summed E-state index contributed by atoms with van der Waals surface area (Å²) in [7, 11) is 0. The van der Waals surface area contributed by atoms with Gasteiger partial charge in [-0.2, -0.15) is 0 Å². The first-order valence-corrected chi connectivity index (χ1v) is 11.2. The van der Waals surface area contributed by atoms with Crippen molar-refractivity contribution in [3.8, 4) is 0 Å². The number of hydrogen-bond acceptors (Lipinski definition) is 3.